The van der Waals surface area contributed by atoms with Gasteiger partial charge in [0.05, 0.1) is 5.69 Å². The van der Waals surface area contributed by atoms with E-state index in [0.29, 0.717) is 13.0 Å². The summed E-state index contributed by atoms with van der Waals surface area (Å²) in [5, 5.41) is 13.3. The van der Waals surface area contributed by atoms with Gasteiger partial charge in [-0.05, 0) is 32.8 Å². The number of amides is 1. The highest BCUT2D eigenvalue weighted by molar-refractivity contribution is 5.84. The van der Waals surface area contributed by atoms with Gasteiger partial charge in [0.2, 0.25) is 5.91 Å². The van der Waals surface area contributed by atoms with Crippen LogP contribution in [-0.2, 0) is 16.1 Å². The summed E-state index contributed by atoms with van der Waals surface area (Å²) in [6.07, 6.45) is 1.29. The number of likely N-dealkylation sites (tertiary alicyclic amines) is 1. The zero-order valence-corrected chi connectivity index (χ0v) is 10.6. The fourth-order valence-electron chi connectivity index (χ4n) is 2.38. The maximum atomic E-state index is 12.1. The van der Waals surface area contributed by atoms with Crippen molar-refractivity contribution < 1.29 is 14.7 Å². The Morgan fingerprint density at radius 1 is 1.50 bits per heavy atom. The van der Waals surface area contributed by atoms with Gasteiger partial charge in [-0.3, -0.25) is 9.48 Å². The summed E-state index contributed by atoms with van der Waals surface area (Å²) in [5.74, 6) is -1.10. The number of aliphatic carboxylic acids is 1. The second kappa shape index (κ2) is 4.80. The van der Waals surface area contributed by atoms with Crippen molar-refractivity contribution in [3.8, 4) is 0 Å². The van der Waals surface area contributed by atoms with Crippen LogP contribution < -0.4 is 0 Å². The molecule has 1 fully saturated rings. The second-order valence-electron chi connectivity index (χ2n) is 4.67. The van der Waals surface area contributed by atoms with Crippen LogP contribution in [0.2, 0.25) is 0 Å². The van der Waals surface area contributed by atoms with E-state index in [2.05, 4.69) is 5.10 Å². The van der Waals surface area contributed by atoms with E-state index in [-0.39, 0.29) is 12.5 Å². The molecule has 1 saturated heterocycles. The maximum Gasteiger partial charge on any atom is 0.326 e. The van der Waals surface area contributed by atoms with Gasteiger partial charge in [0.25, 0.3) is 0 Å². The van der Waals surface area contributed by atoms with E-state index in [4.69, 9.17) is 5.11 Å². The zero-order chi connectivity index (χ0) is 13.3. The van der Waals surface area contributed by atoms with Crippen LogP contribution in [-0.4, -0.2) is 44.3 Å². The normalized spacial score (nSPS) is 19.2. The number of carboxylic acid groups (broad SMARTS) is 1. The van der Waals surface area contributed by atoms with Gasteiger partial charge < -0.3 is 10.0 Å². The number of carbonyl (C=O) groups excluding carboxylic acids is 1. The molecule has 18 heavy (non-hydrogen) atoms. The van der Waals surface area contributed by atoms with Gasteiger partial charge in [-0.15, -0.1) is 0 Å². The van der Waals surface area contributed by atoms with Gasteiger partial charge in [0, 0.05) is 12.2 Å². The Morgan fingerprint density at radius 3 is 2.78 bits per heavy atom. The average Bonchev–Trinajstić information content (AvgIpc) is 2.86. The largest absolute Gasteiger partial charge is 0.480 e. The first kappa shape index (κ1) is 12.6. The third-order valence-corrected chi connectivity index (χ3v) is 3.25. The van der Waals surface area contributed by atoms with Crippen LogP contribution in [0.4, 0.5) is 0 Å². The van der Waals surface area contributed by atoms with Gasteiger partial charge in [-0.2, -0.15) is 5.10 Å². The summed E-state index contributed by atoms with van der Waals surface area (Å²) >= 11 is 0. The van der Waals surface area contributed by atoms with Gasteiger partial charge in [-0.1, -0.05) is 0 Å². The zero-order valence-electron chi connectivity index (χ0n) is 10.6. The molecule has 1 aliphatic heterocycles. The van der Waals surface area contributed by atoms with Gasteiger partial charge in [-0.25, -0.2) is 4.79 Å². The van der Waals surface area contributed by atoms with E-state index < -0.39 is 12.0 Å². The molecular formula is C12H17N3O3. The molecule has 0 spiro atoms. The molecular weight excluding hydrogens is 234 g/mol. The molecule has 0 radical (unpaired) electrons. The lowest BCUT2D eigenvalue weighted by Gasteiger charge is -2.21. The van der Waals surface area contributed by atoms with Crippen LogP contribution in [0.3, 0.4) is 0 Å². The third kappa shape index (κ3) is 2.37. The number of rotatable bonds is 3. The molecule has 0 aromatic carbocycles. The smallest absolute Gasteiger partial charge is 0.326 e. The van der Waals surface area contributed by atoms with Crippen LogP contribution in [0, 0.1) is 13.8 Å². The molecule has 6 heteroatoms. The Labute approximate surface area is 105 Å². The van der Waals surface area contributed by atoms with Crippen molar-refractivity contribution in [3.63, 3.8) is 0 Å². The highest BCUT2D eigenvalue weighted by Gasteiger charge is 2.33. The quantitative estimate of drug-likeness (QED) is 0.852. The van der Waals surface area contributed by atoms with Crippen molar-refractivity contribution >= 4 is 11.9 Å². The number of hydrogen-bond donors (Lipinski definition) is 1. The Hall–Kier alpha value is -1.85. The minimum absolute atomic E-state index is 0.115. The molecule has 1 unspecified atom stereocenters. The van der Waals surface area contributed by atoms with E-state index >= 15 is 0 Å². The molecule has 0 bridgehead atoms. The lowest BCUT2D eigenvalue weighted by Crippen LogP contribution is -2.42. The Kier molecular flexibility index (Phi) is 3.36. The first-order valence-corrected chi connectivity index (χ1v) is 6.02. The number of carboxylic acids is 1. The van der Waals surface area contributed by atoms with Crippen LogP contribution in [0.5, 0.6) is 0 Å². The summed E-state index contributed by atoms with van der Waals surface area (Å²) in [5.41, 5.74) is 1.77. The van der Waals surface area contributed by atoms with Crippen LogP contribution in [0.1, 0.15) is 24.2 Å². The summed E-state index contributed by atoms with van der Waals surface area (Å²) in [4.78, 5) is 24.6. The van der Waals surface area contributed by atoms with E-state index in [0.717, 1.165) is 17.8 Å². The molecule has 2 heterocycles. The average molecular weight is 251 g/mol. The summed E-state index contributed by atoms with van der Waals surface area (Å²) in [7, 11) is 0. The number of nitrogens with zero attached hydrogens (tertiary/aromatic N) is 3. The fourth-order valence-corrected chi connectivity index (χ4v) is 2.38. The van der Waals surface area contributed by atoms with Crippen LogP contribution in [0.15, 0.2) is 6.07 Å². The summed E-state index contributed by atoms with van der Waals surface area (Å²) in [6, 6.07) is 1.22. The minimum Gasteiger partial charge on any atom is -0.480 e. The molecule has 98 valence electrons. The van der Waals surface area contributed by atoms with Crippen molar-refractivity contribution in [2.24, 2.45) is 0 Å². The Balaban J connectivity index is 2.08. The van der Waals surface area contributed by atoms with Gasteiger partial charge >= 0.3 is 5.97 Å². The van der Waals surface area contributed by atoms with E-state index in [9.17, 15) is 9.59 Å². The van der Waals surface area contributed by atoms with Crippen molar-refractivity contribution in [2.75, 3.05) is 6.54 Å². The monoisotopic (exact) mass is 251 g/mol. The van der Waals surface area contributed by atoms with Crippen LogP contribution >= 0.6 is 0 Å². The van der Waals surface area contributed by atoms with Gasteiger partial charge in [0.1, 0.15) is 12.6 Å². The first-order valence-electron chi connectivity index (χ1n) is 6.02. The summed E-state index contributed by atoms with van der Waals surface area (Å²) in [6.45, 7) is 4.38. The fraction of sp³-hybridized carbons (Fsp3) is 0.583. The SMILES string of the molecule is Cc1cc(C)n(CC(=O)N2CCCC2C(=O)O)n1. The molecule has 0 saturated carbocycles. The Bertz CT molecular complexity index is 481. The van der Waals surface area contributed by atoms with Crippen molar-refractivity contribution in [1.82, 2.24) is 14.7 Å². The standard InChI is InChI=1S/C12H17N3O3/c1-8-6-9(2)15(13-8)7-11(16)14-5-3-4-10(14)12(17)18/h6,10H,3-5,7H2,1-2H3,(H,17,18). The number of hydrogen-bond acceptors (Lipinski definition) is 3. The third-order valence-electron chi connectivity index (χ3n) is 3.25. The maximum absolute atomic E-state index is 12.1. The van der Waals surface area contributed by atoms with Crippen molar-refractivity contribution in [3.05, 3.63) is 17.5 Å². The highest BCUT2D eigenvalue weighted by atomic mass is 16.4. The Morgan fingerprint density at radius 2 is 2.22 bits per heavy atom. The number of carbonyl (C=O) groups is 2. The molecule has 0 aliphatic carbocycles. The predicted molar refractivity (Wildman–Crippen MR) is 64.1 cm³/mol. The van der Waals surface area contributed by atoms with Crippen molar-refractivity contribution in [1.29, 1.82) is 0 Å². The molecule has 1 amide bonds. The van der Waals surface area contributed by atoms with Crippen LogP contribution in [0.25, 0.3) is 0 Å². The van der Waals surface area contributed by atoms with E-state index in [1.165, 1.54) is 4.90 Å². The van der Waals surface area contributed by atoms with Gasteiger partial charge in [0.15, 0.2) is 0 Å². The second-order valence-corrected chi connectivity index (χ2v) is 4.67. The summed E-state index contributed by atoms with van der Waals surface area (Å²) < 4.78 is 1.62. The molecule has 6 nitrogen and oxygen atoms in total. The molecule has 1 N–H and O–H groups in total. The molecule has 1 aromatic heterocycles. The number of aromatic nitrogens is 2. The molecule has 2 rings (SSSR count). The molecule has 1 aromatic rings. The van der Waals surface area contributed by atoms with Crippen molar-refractivity contribution in [2.45, 2.75) is 39.3 Å². The highest BCUT2D eigenvalue weighted by Crippen LogP contribution is 2.18. The minimum atomic E-state index is -0.922. The molecule has 1 atom stereocenters. The van der Waals surface area contributed by atoms with E-state index in [1.54, 1.807) is 4.68 Å². The topological polar surface area (TPSA) is 75.4 Å². The molecule has 1 aliphatic rings. The van der Waals surface area contributed by atoms with E-state index in [1.807, 2.05) is 19.9 Å². The number of aryl methyl sites for hydroxylation is 2. The lowest BCUT2D eigenvalue weighted by atomic mass is 10.2. The predicted octanol–water partition coefficient (Wildman–Crippen LogP) is 0.576. The lowest BCUT2D eigenvalue weighted by molar-refractivity contribution is -0.148. The first-order chi connectivity index (χ1) is 8.49.